The van der Waals surface area contributed by atoms with Gasteiger partial charge >= 0.3 is 0 Å². The van der Waals surface area contributed by atoms with Crippen LogP contribution in [-0.2, 0) is 6.54 Å². The van der Waals surface area contributed by atoms with Crippen molar-refractivity contribution in [2.24, 2.45) is 0 Å². The van der Waals surface area contributed by atoms with Crippen LogP contribution in [0.15, 0.2) is 78.9 Å². The largest absolute Gasteiger partial charge is 0.337 e. The van der Waals surface area contributed by atoms with Crippen molar-refractivity contribution in [3.63, 3.8) is 0 Å². The summed E-state index contributed by atoms with van der Waals surface area (Å²) in [4.78, 5) is 27.0. The molecule has 0 unspecified atom stereocenters. The number of anilines is 1. The van der Waals surface area contributed by atoms with Gasteiger partial charge in [0.25, 0.3) is 11.8 Å². The number of hydrogen-bond donors (Lipinski definition) is 2. The predicted molar refractivity (Wildman–Crippen MR) is 124 cm³/mol. The molecule has 5 nitrogen and oxygen atoms in total. The van der Waals surface area contributed by atoms with Crippen LogP contribution in [0.2, 0.25) is 0 Å². The van der Waals surface area contributed by atoms with Gasteiger partial charge in [0.15, 0.2) is 5.11 Å². The predicted octanol–water partition coefficient (Wildman–Crippen LogP) is 4.39. The molecule has 2 N–H and O–H groups in total. The Morgan fingerprint density at radius 1 is 0.900 bits per heavy atom. The standard InChI is InChI=1S/C24H23N3O2S/c1-17-12-14-19(15-13-17)22(28)26-24(30)25-21-11-7-6-10-20(21)23(29)27(2)16-18-8-4-3-5-9-18/h3-15H,16H2,1-2H3,(H2,25,26,28,30). The molecule has 0 aliphatic carbocycles. The third kappa shape index (κ3) is 5.52. The minimum absolute atomic E-state index is 0.131. The summed E-state index contributed by atoms with van der Waals surface area (Å²) in [6, 6.07) is 24.1. The van der Waals surface area contributed by atoms with E-state index in [-0.39, 0.29) is 16.9 Å². The molecular formula is C24H23N3O2S. The zero-order chi connectivity index (χ0) is 21.5. The first-order valence-corrected chi connectivity index (χ1v) is 9.92. The van der Waals surface area contributed by atoms with Crippen LogP contribution >= 0.6 is 12.2 Å². The molecule has 0 atom stereocenters. The Balaban J connectivity index is 1.68. The summed E-state index contributed by atoms with van der Waals surface area (Å²) in [5.41, 5.74) is 3.63. The normalized spacial score (nSPS) is 10.2. The van der Waals surface area contributed by atoms with Gasteiger partial charge in [0.2, 0.25) is 0 Å². The van der Waals surface area contributed by atoms with Crippen LogP contribution in [0, 0.1) is 6.92 Å². The number of nitrogens with one attached hydrogen (secondary N) is 2. The molecule has 3 aromatic carbocycles. The molecule has 0 heterocycles. The number of amides is 2. The van der Waals surface area contributed by atoms with E-state index in [0.29, 0.717) is 23.4 Å². The lowest BCUT2D eigenvalue weighted by Crippen LogP contribution is -2.35. The molecule has 0 radical (unpaired) electrons. The summed E-state index contributed by atoms with van der Waals surface area (Å²) in [5, 5.41) is 5.76. The van der Waals surface area contributed by atoms with Gasteiger partial charge in [-0.3, -0.25) is 14.9 Å². The summed E-state index contributed by atoms with van der Waals surface area (Å²) in [6.45, 7) is 2.44. The van der Waals surface area contributed by atoms with Crippen molar-refractivity contribution in [3.8, 4) is 0 Å². The topological polar surface area (TPSA) is 61.4 Å². The lowest BCUT2D eigenvalue weighted by atomic mass is 10.1. The van der Waals surface area contributed by atoms with Gasteiger partial charge in [0, 0.05) is 19.2 Å². The van der Waals surface area contributed by atoms with Crippen molar-refractivity contribution in [2.75, 3.05) is 12.4 Å². The van der Waals surface area contributed by atoms with Gasteiger partial charge in [-0.1, -0.05) is 60.2 Å². The quantitative estimate of drug-likeness (QED) is 0.605. The monoisotopic (exact) mass is 417 g/mol. The average Bonchev–Trinajstić information content (AvgIpc) is 2.74. The van der Waals surface area contributed by atoms with E-state index in [9.17, 15) is 9.59 Å². The molecule has 6 heteroatoms. The maximum absolute atomic E-state index is 13.0. The lowest BCUT2D eigenvalue weighted by Gasteiger charge is -2.20. The molecule has 3 rings (SSSR count). The molecule has 30 heavy (non-hydrogen) atoms. The van der Waals surface area contributed by atoms with E-state index in [1.807, 2.05) is 49.4 Å². The van der Waals surface area contributed by atoms with Crippen molar-refractivity contribution in [1.82, 2.24) is 10.2 Å². The maximum Gasteiger partial charge on any atom is 0.257 e. The van der Waals surface area contributed by atoms with E-state index in [0.717, 1.165) is 11.1 Å². The van der Waals surface area contributed by atoms with Crippen LogP contribution in [-0.4, -0.2) is 28.9 Å². The zero-order valence-corrected chi connectivity index (χ0v) is 17.7. The van der Waals surface area contributed by atoms with E-state index < -0.39 is 0 Å². The molecule has 0 saturated carbocycles. The molecule has 0 aliphatic rings. The van der Waals surface area contributed by atoms with Crippen LogP contribution in [0.5, 0.6) is 0 Å². The summed E-state index contributed by atoms with van der Waals surface area (Å²) >= 11 is 5.29. The summed E-state index contributed by atoms with van der Waals surface area (Å²) in [5.74, 6) is -0.452. The van der Waals surface area contributed by atoms with Gasteiger partial charge in [0.05, 0.1) is 11.3 Å². The van der Waals surface area contributed by atoms with Crippen molar-refractivity contribution >= 4 is 34.8 Å². The van der Waals surface area contributed by atoms with Gasteiger partial charge in [0.1, 0.15) is 0 Å². The number of thiocarbonyl (C=S) groups is 1. The summed E-state index contributed by atoms with van der Waals surface area (Å²) in [6.07, 6.45) is 0. The molecule has 0 saturated heterocycles. The first-order valence-electron chi connectivity index (χ1n) is 9.51. The number of para-hydroxylation sites is 1. The Hall–Kier alpha value is -3.51. The van der Waals surface area contributed by atoms with Gasteiger partial charge in [-0.15, -0.1) is 0 Å². The smallest absolute Gasteiger partial charge is 0.257 e. The molecule has 0 aromatic heterocycles. The van der Waals surface area contributed by atoms with Gasteiger partial charge in [-0.05, 0) is 49.0 Å². The Bertz CT molecular complexity index is 1050. The fourth-order valence-electron chi connectivity index (χ4n) is 2.95. The molecule has 0 aliphatic heterocycles. The second-order valence-electron chi connectivity index (χ2n) is 6.97. The van der Waals surface area contributed by atoms with Crippen LogP contribution in [0.25, 0.3) is 0 Å². The minimum Gasteiger partial charge on any atom is -0.337 e. The Kier molecular flexibility index (Phi) is 6.93. The van der Waals surface area contributed by atoms with Crippen molar-refractivity contribution in [1.29, 1.82) is 0 Å². The number of carbonyl (C=O) groups excluding carboxylic acids is 2. The first-order chi connectivity index (χ1) is 14.4. The number of carbonyl (C=O) groups is 2. The fourth-order valence-corrected chi connectivity index (χ4v) is 3.15. The van der Waals surface area contributed by atoms with E-state index in [2.05, 4.69) is 10.6 Å². The Morgan fingerprint density at radius 2 is 1.53 bits per heavy atom. The van der Waals surface area contributed by atoms with Crippen LogP contribution < -0.4 is 10.6 Å². The fraction of sp³-hybridized carbons (Fsp3) is 0.125. The van der Waals surface area contributed by atoms with Crippen molar-refractivity contribution in [3.05, 3.63) is 101 Å². The molecule has 3 aromatic rings. The third-order valence-electron chi connectivity index (χ3n) is 4.56. The van der Waals surface area contributed by atoms with Gasteiger partial charge in [-0.2, -0.15) is 0 Å². The van der Waals surface area contributed by atoms with Crippen LogP contribution in [0.3, 0.4) is 0 Å². The summed E-state index contributed by atoms with van der Waals surface area (Å²) in [7, 11) is 1.75. The Labute approximate surface area is 181 Å². The van der Waals surface area contributed by atoms with Crippen molar-refractivity contribution < 1.29 is 9.59 Å². The average molecular weight is 418 g/mol. The highest BCUT2D eigenvalue weighted by atomic mass is 32.1. The van der Waals surface area contributed by atoms with E-state index in [1.54, 1.807) is 48.3 Å². The number of hydrogen-bond acceptors (Lipinski definition) is 3. The van der Waals surface area contributed by atoms with E-state index in [1.165, 1.54) is 0 Å². The molecular weight excluding hydrogens is 394 g/mol. The second kappa shape index (κ2) is 9.80. The Morgan fingerprint density at radius 3 is 2.23 bits per heavy atom. The molecule has 0 bridgehead atoms. The zero-order valence-electron chi connectivity index (χ0n) is 16.9. The van der Waals surface area contributed by atoms with Gasteiger partial charge in [-0.25, -0.2) is 0 Å². The van der Waals surface area contributed by atoms with Crippen LogP contribution in [0.1, 0.15) is 31.8 Å². The summed E-state index contributed by atoms with van der Waals surface area (Å²) < 4.78 is 0. The molecule has 152 valence electrons. The SMILES string of the molecule is Cc1ccc(C(=O)NC(=S)Nc2ccccc2C(=O)N(C)Cc2ccccc2)cc1. The number of benzene rings is 3. The van der Waals surface area contributed by atoms with Gasteiger partial charge < -0.3 is 10.2 Å². The van der Waals surface area contributed by atoms with E-state index in [4.69, 9.17) is 12.2 Å². The van der Waals surface area contributed by atoms with Crippen LogP contribution in [0.4, 0.5) is 5.69 Å². The first kappa shape index (κ1) is 21.2. The minimum atomic E-state index is -0.308. The second-order valence-corrected chi connectivity index (χ2v) is 7.37. The molecule has 0 spiro atoms. The number of aryl methyl sites for hydroxylation is 1. The molecule has 0 fully saturated rings. The molecule has 2 amide bonds. The highest BCUT2D eigenvalue weighted by Gasteiger charge is 2.17. The number of rotatable bonds is 5. The van der Waals surface area contributed by atoms with Crippen molar-refractivity contribution in [2.45, 2.75) is 13.5 Å². The highest BCUT2D eigenvalue weighted by Crippen LogP contribution is 2.18. The maximum atomic E-state index is 13.0. The van der Waals surface area contributed by atoms with E-state index >= 15 is 0 Å². The highest BCUT2D eigenvalue weighted by molar-refractivity contribution is 7.80. The number of nitrogens with zero attached hydrogens (tertiary/aromatic N) is 1. The lowest BCUT2D eigenvalue weighted by molar-refractivity contribution is 0.0786. The third-order valence-corrected chi connectivity index (χ3v) is 4.76.